The van der Waals surface area contributed by atoms with Crippen LogP contribution in [-0.4, -0.2) is 31.4 Å². The maximum atomic E-state index is 5.97. The molecule has 0 aromatic heterocycles. The summed E-state index contributed by atoms with van der Waals surface area (Å²) in [6, 6.07) is 8.55. The Morgan fingerprint density at radius 3 is 2.61 bits per heavy atom. The van der Waals surface area contributed by atoms with Crippen LogP contribution in [0.5, 0.6) is 5.75 Å². The van der Waals surface area contributed by atoms with E-state index in [9.17, 15) is 0 Å². The van der Waals surface area contributed by atoms with E-state index in [0.717, 1.165) is 44.9 Å². The summed E-state index contributed by atoms with van der Waals surface area (Å²) >= 11 is 0. The molecule has 128 valence electrons. The van der Waals surface area contributed by atoms with Gasteiger partial charge in [-0.05, 0) is 25.3 Å². The van der Waals surface area contributed by atoms with Crippen molar-refractivity contribution in [3.63, 3.8) is 0 Å². The highest BCUT2D eigenvalue weighted by atomic mass is 16.7. The van der Waals surface area contributed by atoms with Gasteiger partial charge in [0.2, 0.25) is 0 Å². The second-order valence-corrected chi connectivity index (χ2v) is 7.10. The summed E-state index contributed by atoms with van der Waals surface area (Å²) in [5.74, 6) is 1.09. The van der Waals surface area contributed by atoms with Gasteiger partial charge in [-0.1, -0.05) is 57.2 Å². The van der Waals surface area contributed by atoms with E-state index in [1.807, 2.05) is 0 Å². The zero-order valence-corrected chi connectivity index (χ0v) is 14.6. The molecule has 2 aliphatic heterocycles. The van der Waals surface area contributed by atoms with Gasteiger partial charge in [-0.15, -0.1) is 0 Å². The predicted molar refractivity (Wildman–Crippen MR) is 93.8 cm³/mol. The van der Waals surface area contributed by atoms with Crippen molar-refractivity contribution in [2.45, 2.75) is 63.7 Å². The highest BCUT2D eigenvalue weighted by Crippen LogP contribution is 2.45. The van der Waals surface area contributed by atoms with Gasteiger partial charge in [-0.25, -0.2) is 0 Å². The Balaban J connectivity index is 1.37. The van der Waals surface area contributed by atoms with Gasteiger partial charge in [-0.3, -0.25) is 4.84 Å². The molecule has 1 aromatic carbocycles. The Kier molecular flexibility index (Phi) is 5.96. The zero-order chi connectivity index (χ0) is 16.0. The summed E-state index contributed by atoms with van der Waals surface area (Å²) in [4.78, 5) is 5.97. The fourth-order valence-corrected chi connectivity index (χ4v) is 3.86. The van der Waals surface area contributed by atoms with Crippen molar-refractivity contribution < 1.29 is 9.57 Å². The predicted octanol–water partition coefficient (Wildman–Crippen LogP) is 4.70. The van der Waals surface area contributed by atoms with Crippen LogP contribution < -0.4 is 4.74 Å². The second-order valence-electron chi connectivity index (χ2n) is 7.10. The van der Waals surface area contributed by atoms with E-state index >= 15 is 0 Å². The lowest BCUT2D eigenvalue weighted by Gasteiger charge is -2.37. The molecule has 0 atom stereocenters. The summed E-state index contributed by atoms with van der Waals surface area (Å²) in [7, 11) is 0. The molecule has 3 rings (SSSR count). The van der Waals surface area contributed by atoms with Crippen molar-refractivity contribution in [3.05, 3.63) is 29.8 Å². The number of rotatable bonds is 8. The standard InChI is InChI=1S/C20H31NO2/c1-2-3-4-5-6-9-16-23-21-14-12-20(13-15-21)17-22-19-11-8-7-10-18(19)20/h7-8,10-11H,2-6,9,12-17H2,1H3. The molecule has 3 nitrogen and oxygen atoms in total. The zero-order valence-electron chi connectivity index (χ0n) is 14.6. The van der Waals surface area contributed by atoms with Crippen molar-refractivity contribution in [1.82, 2.24) is 5.06 Å². The number of unbranched alkanes of at least 4 members (excludes halogenated alkanes) is 5. The van der Waals surface area contributed by atoms with Crippen molar-refractivity contribution in [2.75, 3.05) is 26.3 Å². The number of hydroxylamine groups is 2. The van der Waals surface area contributed by atoms with Crippen molar-refractivity contribution >= 4 is 0 Å². The molecule has 0 aliphatic carbocycles. The van der Waals surface area contributed by atoms with Crippen LogP contribution in [0.1, 0.15) is 63.9 Å². The number of piperidine rings is 1. The summed E-state index contributed by atoms with van der Waals surface area (Å²) in [6.45, 7) is 6.03. The molecule has 1 spiro atoms. The molecular formula is C20H31NO2. The molecule has 1 saturated heterocycles. The summed E-state index contributed by atoms with van der Waals surface area (Å²) in [5.41, 5.74) is 1.65. The largest absolute Gasteiger partial charge is 0.492 e. The third kappa shape index (κ3) is 4.07. The van der Waals surface area contributed by atoms with Crippen LogP contribution in [0.15, 0.2) is 24.3 Å². The molecule has 1 aromatic rings. The summed E-state index contributed by atoms with van der Waals surface area (Å²) < 4.78 is 5.91. The first-order chi connectivity index (χ1) is 11.3. The molecule has 0 bridgehead atoms. The van der Waals surface area contributed by atoms with Gasteiger partial charge in [-0.2, -0.15) is 5.06 Å². The number of ether oxygens (including phenoxy) is 1. The smallest absolute Gasteiger partial charge is 0.123 e. The fourth-order valence-electron chi connectivity index (χ4n) is 3.86. The third-order valence-electron chi connectivity index (χ3n) is 5.41. The van der Waals surface area contributed by atoms with Crippen LogP contribution in [0.3, 0.4) is 0 Å². The number of para-hydroxylation sites is 1. The SMILES string of the molecule is CCCCCCCCON1CCC2(CC1)COc1ccccc12. The van der Waals surface area contributed by atoms with E-state index in [2.05, 4.69) is 36.3 Å². The summed E-state index contributed by atoms with van der Waals surface area (Å²) in [5, 5.41) is 2.18. The monoisotopic (exact) mass is 317 g/mol. The molecule has 0 radical (unpaired) electrons. The molecule has 0 unspecified atom stereocenters. The maximum absolute atomic E-state index is 5.97. The van der Waals surface area contributed by atoms with Gasteiger partial charge in [0.1, 0.15) is 5.75 Å². The van der Waals surface area contributed by atoms with Crippen LogP contribution >= 0.6 is 0 Å². The highest BCUT2D eigenvalue weighted by molar-refractivity contribution is 5.43. The third-order valence-corrected chi connectivity index (χ3v) is 5.41. The average Bonchev–Trinajstić information content (AvgIpc) is 2.95. The van der Waals surface area contributed by atoms with Crippen molar-refractivity contribution in [2.24, 2.45) is 0 Å². The van der Waals surface area contributed by atoms with Gasteiger partial charge in [0.25, 0.3) is 0 Å². The average molecular weight is 317 g/mol. The number of hydrogen-bond donors (Lipinski definition) is 0. The van der Waals surface area contributed by atoms with Crippen LogP contribution in [0.2, 0.25) is 0 Å². The lowest BCUT2D eigenvalue weighted by Crippen LogP contribution is -2.43. The number of fused-ring (bicyclic) bond motifs is 2. The maximum Gasteiger partial charge on any atom is 0.123 e. The van der Waals surface area contributed by atoms with Crippen LogP contribution in [-0.2, 0) is 10.3 Å². The molecule has 2 aliphatic rings. The first-order valence-electron chi connectivity index (χ1n) is 9.44. The van der Waals surface area contributed by atoms with Gasteiger partial charge in [0.15, 0.2) is 0 Å². The van der Waals surface area contributed by atoms with Gasteiger partial charge < -0.3 is 4.74 Å². The van der Waals surface area contributed by atoms with E-state index in [0.29, 0.717) is 0 Å². The topological polar surface area (TPSA) is 21.7 Å². The van der Waals surface area contributed by atoms with E-state index < -0.39 is 0 Å². The first kappa shape index (κ1) is 16.8. The Morgan fingerprint density at radius 2 is 1.78 bits per heavy atom. The number of benzene rings is 1. The van der Waals surface area contributed by atoms with Crippen molar-refractivity contribution in [3.8, 4) is 5.75 Å². The normalized spacial score (nSPS) is 19.7. The second kappa shape index (κ2) is 8.16. The Bertz CT molecular complexity index is 480. The molecule has 0 N–H and O–H groups in total. The van der Waals surface area contributed by atoms with Crippen LogP contribution in [0, 0.1) is 0 Å². The Morgan fingerprint density at radius 1 is 1.04 bits per heavy atom. The van der Waals surface area contributed by atoms with Crippen molar-refractivity contribution in [1.29, 1.82) is 0 Å². The quantitative estimate of drug-likeness (QED) is 0.648. The number of hydrogen-bond acceptors (Lipinski definition) is 3. The molecule has 23 heavy (non-hydrogen) atoms. The Hall–Kier alpha value is -1.06. The minimum Gasteiger partial charge on any atom is -0.492 e. The van der Waals surface area contributed by atoms with E-state index in [-0.39, 0.29) is 5.41 Å². The van der Waals surface area contributed by atoms with Gasteiger partial charge in [0, 0.05) is 24.1 Å². The lowest BCUT2D eigenvalue weighted by molar-refractivity contribution is -0.177. The highest BCUT2D eigenvalue weighted by Gasteiger charge is 2.42. The number of nitrogens with zero attached hydrogens (tertiary/aromatic N) is 1. The van der Waals surface area contributed by atoms with E-state index in [4.69, 9.17) is 9.57 Å². The minimum atomic E-state index is 0.233. The lowest BCUT2D eigenvalue weighted by atomic mass is 9.75. The van der Waals surface area contributed by atoms with E-state index in [1.165, 1.54) is 44.1 Å². The molecular weight excluding hydrogens is 286 g/mol. The first-order valence-corrected chi connectivity index (χ1v) is 9.44. The molecule has 2 heterocycles. The molecule has 0 saturated carbocycles. The molecule has 0 amide bonds. The van der Waals surface area contributed by atoms with Crippen LogP contribution in [0.25, 0.3) is 0 Å². The summed E-state index contributed by atoms with van der Waals surface area (Å²) in [6.07, 6.45) is 10.2. The van der Waals surface area contributed by atoms with E-state index in [1.54, 1.807) is 0 Å². The fraction of sp³-hybridized carbons (Fsp3) is 0.700. The van der Waals surface area contributed by atoms with Gasteiger partial charge >= 0.3 is 0 Å². The minimum absolute atomic E-state index is 0.233. The molecule has 3 heteroatoms. The van der Waals surface area contributed by atoms with Crippen LogP contribution in [0.4, 0.5) is 0 Å². The molecule has 1 fully saturated rings. The van der Waals surface area contributed by atoms with Gasteiger partial charge in [0.05, 0.1) is 13.2 Å². The Labute approximate surface area is 140 Å².